The first-order valence-corrected chi connectivity index (χ1v) is 6.23. The van der Waals surface area contributed by atoms with Gasteiger partial charge in [0.2, 0.25) is 0 Å². The minimum absolute atomic E-state index is 0.581. The minimum Gasteiger partial charge on any atom is -0.389 e. The number of aromatic nitrogens is 1. The van der Waals surface area contributed by atoms with E-state index in [0.717, 1.165) is 23.1 Å². The largest absolute Gasteiger partial charge is 0.389 e. The highest BCUT2D eigenvalue weighted by atomic mass is 16.3. The third-order valence-corrected chi connectivity index (χ3v) is 2.78. The van der Waals surface area contributed by atoms with E-state index in [2.05, 4.69) is 28.5 Å². The zero-order valence-corrected chi connectivity index (χ0v) is 11.2. The molecule has 2 aromatic rings. The van der Waals surface area contributed by atoms with Crippen LogP contribution in [0.15, 0.2) is 30.3 Å². The summed E-state index contributed by atoms with van der Waals surface area (Å²) in [6.07, 6.45) is 0. The van der Waals surface area contributed by atoms with E-state index in [-0.39, 0.29) is 0 Å². The molecule has 0 atom stereocenters. The Bertz CT molecular complexity index is 544. The van der Waals surface area contributed by atoms with Crippen LogP contribution in [0.25, 0.3) is 10.9 Å². The number of aryl methyl sites for hydroxylation is 1. The summed E-state index contributed by atoms with van der Waals surface area (Å²) >= 11 is 0. The average molecular weight is 244 g/mol. The van der Waals surface area contributed by atoms with Crippen LogP contribution in [-0.2, 0) is 6.54 Å². The van der Waals surface area contributed by atoms with Crippen LogP contribution in [0.5, 0.6) is 0 Å². The Hall–Kier alpha value is -1.45. The lowest BCUT2D eigenvalue weighted by atomic mass is 10.1. The van der Waals surface area contributed by atoms with Crippen LogP contribution in [0.4, 0.5) is 0 Å². The molecule has 18 heavy (non-hydrogen) atoms. The van der Waals surface area contributed by atoms with E-state index in [1.165, 1.54) is 5.56 Å². The number of nitrogens with zero attached hydrogens (tertiary/aromatic N) is 1. The second kappa shape index (κ2) is 5.04. The number of nitrogens with one attached hydrogen (secondary N) is 1. The Labute approximate surface area is 108 Å². The van der Waals surface area contributed by atoms with Gasteiger partial charge in [0.1, 0.15) is 0 Å². The summed E-state index contributed by atoms with van der Waals surface area (Å²) in [4.78, 5) is 4.48. The van der Waals surface area contributed by atoms with Crippen LogP contribution in [0.1, 0.15) is 25.1 Å². The molecular weight excluding hydrogens is 224 g/mol. The number of benzene rings is 1. The van der Waals surface area contributed by atoms with E-state index in [1.807, 2.05) is 19.1 Å². The van der Waals surface area contributed by atoms with Crippen LogP contribution in [0.2, 0.25) is 0 Å². The first-order valence-electron chi connectivity index (χ1n) is 6.23. The predicted octanol–water partition coefficient (Wildman–Crippen LogP) is 2.40. The summed E-state index contributed by atoms with van der Waals surface area (Å²) in [5.74, 6) is 0. The molecule has 0 spiro atoms. The smallest absolute Gasteiger partial charge is 0.0715 e. The van der Waals surface area contributed by atoms with Crippen LogP contribution in [-0.4, -0.2) is 22.2 Å². The van der Waals surface area contributed by atoms with Gasteiger partial charge in [-0.3, -0.25) is 4.98 Å². The van der Waals surface area contributed by atoms with Gasteiger partial charge in [-0.2, -0.15) is 0 Å². The molecule has 0 fully saturated rings. The van der Waals surface area contributed by atoms with Crippen molar-refractivity contribution in [3.63, 3.8) is 0 Å². The van der Waals surface area contributed by atoms with Crippen molar-refractivity contribution >= 4 is 10.9 Å². The van der Waals surface area contributed by atoms with Crippen LogP contribution < -0.4 is 5.32 Å². The van der Waals surface area contributed by atoms with E-state index < -0.39 is 5.60 Å². The van der Waals surface area contributed by atoms with Gasteiger partial charge in [0.05, 0.1) is 11.1 Å². The molecule has 0 saturated carbocycles. The Morgan fingerprint density at radius 2 is 2.00 bits per heavy atom. The molecule has 0 unspecified atom stereocenters. The van der Waals surface area contributed by atoms with Gasteiger partial charge in [0.25, 0.3) is 0 Å². The molecule has 1 heterocycles. The van der Waals surface area contributed by atoms with Crippen molar-refractivity contribution in [2.45, 2.75) is 32.9 Å². The maximum atomic E-state index is 9.63. The van der Waals surface area contributed by atoms with Crippen molar-refractivity contribution in [1.29, 1.82) is 0 Å². The number of fused-ring (bicyclic) bond motifs is 1. The normalized spacial score (nSPS) is 12.0. The SMILES string of the molecule is Cc1ccc2cc(CNCC(C)(C)O)ccc2n1. The molecular formula is C15H20N2O. The molecule has 0 bridgehead atoms. The molecule has 0 aliphatic rings. The summed E-state index contributed by atoms with van der Waals surface area (Å²) in [7, 11) is 0. The third-order valence-electron chi connectivity index (χ3n) is 2.78. The van der Waals surface area contributed by atoms with Crippen molar-refractivity contribution in [2.75, 3.05) is 6.54 Å². The molecule has 3 nitrogen and oxygen atoms in total. The van der Waals surface area contributed by atoms with E-state index in [4.69, 9.17) is 0 Å². The fraction of sp³-hybridized carbons (Fsp3) is 0.400. The second-order valence-electron chi connectivity index (χ2n) is 5.40. The monoisotopic (exact) mass is 244 g/mol. The number of hydrogen-bond acceptors (Lipinski definition) is 3. The summed E-state index contributed by atoms with van der Waals surface area (Å²) in [6.45, 7) is 6.93. The van der Waals surface area contributed by atoms with Gasteiger partial charge in [-0.1, -0.05) is 12.1 Å². The predicted molar refractivity (Wildman–Crippen MR) is 74.5 cm³/mol. The van der Waals surface area contributed by atoms with E-state index in [1.54, 1.807) is 13.8 Å². The molecule has 0 radical (unpaired) electrons. The van der Waals surface area contributed by atoms with E-state index in [0.29, 0.717) is 6.54 Å². The van der Waals surface area contributed by atoms with Crippen molar-refractivity contribution in [3.8, 4) is 0 Å². The van der Waals surface area contributed by atoms with Gasteiger partial charge < -0.3 is 10.4 Å². The fourth-order valence-electron chi connectivity index (χ4n) is 1.90. The maximum absolute atomic E-state index is 9.63. The van der Waals surface area contributed by atoms with E-state index in [9.17, 15) is 5.11 Å². The lowest BCUT2D eigenvalue weighted by Crippen LogP contribution is -2.34. The molecule has 0 aliphatic heterocycles. The van der Waals surface area contributed by atoms with Gasteiger partial charge >= 0.3 is 0 Å². The zero-order valence-electron chi connectivity index (χ0n) is 11.2. The molecule has 0 aliphatic carbocycles. The molecule has 0 amide bonds. The zero-order chi connectivity index (χ0) is 13.2. The Morgan fingerprint density at radius 3 is 2.72 bits per heavy atom. The molecule has 2 rings (SSSR count). The average Bonchev–Trinajstić information content (AvgIpc) is 2.27. The standard InChI is InChI=1S/C15H20N2O/c1-11-4-6-13-8-12(5-7-14(13)17-11)9-16-10-15(2,3)18/h4-8,16,18H,9-10H2,1-3H3. The summed E-state index contributed by atoms with van der Waals surface area (Å²) in [6, 6.07) is 10.4. The number of pyridine rings is 1. The van der Waals surface area contributed by atoms with Crippen LogP contribution in [0.3, 0.4) is 0 Å². The van der Waals surface area contributed by atoms with Crippen molar-refractivity contribution in [3.05, 3.63) is 41.6 Å². The number of rotatable bonds is 4. The highest BCUT2D eigenvalue weighted by molar-refractivity contribution is 5.79. The van der Waals surface area contributed by atoms with Gasteiger partial charge in [0, 0.05) is 24.2 Å². The van der Waals surface area contributed by atoms with Gasteiger partial charge in [-0.05, 0) is 44.5 Å². The molecule has 1 aromatic heterocycles. The quantitative estimate of drug-likeness (QED) is 0.868. The molecule has 96 valence electrons. The summed E-state index contributed by atoms with van der Waals surface area (Å²) in [5, 5.41) is 14.0. The Balaban J connectivity index is 2.08. The first-order chi connectivity index (χ1) is 8.44. The minimum atomic E-state index is -0.671. The first kappa shape index (κ1) is 13.0. The van der Waals surface area contributed by atoms with Crippen LogP contribution >= 0.6 is 0 Å². The lowest BCUT2D eigenvalue weighted by Gasteiger charge is -2.17. The second-order valence-corrected chi connectivity index (χ2v) is 5.40. The Kier molecular flexibility index (Phi) is 3.64. The highest BCUT2D eigenvalue weighted by Crippen LogP contribution is 2.14. The highest BCUT2D eigenvalue weighted by Gasteiger charge is 2.10. The van der Waals surface area contributed by atoms with Gasteiger partial charge in [0.15, 0.2) is 0 Å². The lowest BCUT2D eigenvalue weighted by molar-refractivity contribution is 0.0795. The number of hydrogen-bond donors (Lipinski definition) is 2. The van der Waals surface area contributed by atoms with Crippen molar-refractivity contribution < 1.29 is 5.11 Å². The third kappa shape index (κ3) is 3.52. The molecule has 0 saturated heterocycles. The molecule has 2 N–H and O–H groups in total. The summed E-state index contributed by atoms with van der Waals surface area (Å²) in [5.41, 5.74) is 2.60. The van der Waals surface area contributed by atoms with E-state index >= 15 is 0 Å². The van der Waals surface area contributed by atoms with Crippen molar-refractivity contribution in [2.24, 2.45) is 0 Å². The Morgan fingerprint density at radius 1 is 1.22 bits per heavy atom. The molecule has 3 heteroatoms. The maximum Gasteiger partial charge on any atom is 0.0715 e. The van der Waals surface area contributed by atoms with Gasteiger partial charge in [-0.15, -0.1) is 0 Å². The number of aliphatic hydroxyl groups is 1. The van der Waals surface area contributed by atoms with Crippen LogP contribution in [0, 0.1) is 6.92 Å². The van der Waals surface area contributed by atoms with Crippen molar-refractivity contribution in [1.82, 2.24) is 10.3 Å². The van der Waals surface area contributed by atoms with Gasteiger partial charge in [-0.25, -0.2) is 0 Å². The molecule has 1 aromatic carbocycles. The summed E-state index contributed by atoms with van der Waals surface area (Å²) < 4.78 is 0. The topological polar surface area (TPSA) is 45.1 Å². The fourth-order valence-corrected chi connectivity index (χ4v) is 1.90.